The molecule has 0 radical (unpaired) electrons. The van der Waals surface area contributed by atoms with Crippen molar-refractivity contribution >= 4 is 35.0 Å². The highest BCUT2D eigenvalue weighted by molar-refractivity contribution is 8.00. The van der Waals surface area contributed by atoms with Gasteiger partial charge in [0.2, 0.25) is 5.91 Å². The third-order valence-electron chi connectivity index (χ3n) is 2.43. The molecule has 0 saturated heterocycles. The van der Waals surface area contributed by atoms with E-state index in [0.29, 0.717) is 29.6 Å². The first-order chi connectivity index (χ1) is 9.49. The molecule has 1 aromatic rings. The molecule has 0 aromatic heterocycles. The number of nitrogen functional groups attached to an aromatic ring is 1. The van der Waals surface area contributed by atoms with Gasteiger partial charge in [-0.1, -0.05) is 11.6 Å². The number of hydrogen-bond acceptors (Lipinski definition) is 4. The second kappa shape index (κ2) is 9.10. The number of amides is 1. The Kier molecular flexibility index (Phi) is 7.80. The molecule has 1 aromatic carbocycles. The van der Waals surface area contributed by atoms with Gasteiger partial charge in [-0.2, -0.15) is 0 Å². The summed E-state index contributed by atoms with van der Waals surface area (Å²) in [6, 6.07) is 5.24. The van der Waals surface area contributed by atoms with Crippen LogP contribution in [0.25, 0.3) is 0 Å². The van der Waals surface area contributed by atoms with Crippen molar-refractivity contribution in [3.8, 4) is 0 Å². The zero-order valence-corrected chi connectivity index (χ0v) is 13.4. The summed E-state index contributed by atoms with van der Waals surface area (Å²) in [5.74, 6) is 0.314. The van der Waals surface area contributed by atoms with Crippen LogP contribution in [0.5, 0.6) is 0 Å². The molecule has 0 bridgehead atoms. The minimum absolute atomic E-state index is 0.0149. The highest BCUT2D eigenvalue weighted by Gasteiger charge is 2.05. The van der Waals surface area contributed by atoms with Crippen LogP contribution in [0.1, 0.15) is 20.3 Å². The molecule has 0 unspecified atom stereocenters. The number of ether oxygens (including phenoxy) is 1. The van der Waals surface area contributed by atoms with Crippen molar-refractivity contribution in [1.82, 2.24) is 5.32 Å². The van der Waals surface area contributed by atoms with Gasteiger partial charge in [-0.3, -0.25) is 4.79 Å². The van der Waals surface area contributed by atoms with Crippen LogP contribution in [-0.2, 0) is 9.53 Å². The predicted molar refractivity (Wildman–Crippen MR) is 85.3 cm³/mol. The van der Waals surface area contributed by atoms with Crippen LogP contribution in [0, 0.1) is 0 Å². The minimum atomic E-state index is -0.0149. The highest BCUT2D eigenvalue weighted by Crippen LogP contribution is 2.27. The lowest BCUT2D eigenvalue weighted by Crippen LogP contribution is -2.27. The van der Waals surface area contributed by atoms with E-state index in [0.717, 1.165) is 11.3 Å². The van der Waals surface area contributed by atoms with Crippen LogP contribution in [0.4, 0.5) is 5.69 Å². The lowest BCUT2D eigenvalue weighted by atomic mass is 10.3. The Morgan fingerprint density at radius 3 is 2.95 bits per heavy atom. The number of rotatable bonds is 8. The number of anilines is 1. The normalized spacial score (nSPS) is 10.8. The minimum Gasteiger partial charge on any atom is -0.398 e. The Balaban J connectivity index is 2.21. The van der Waals surface area contributed by atoms with Crippen molar-refractivity contribution in [2.75, 3.05) is 24.6 Å². The van der Waals surface area contributed by atoms with E-state index in [2.05, 4.69) is 5.32 Å². The Bertz CT molecular complexity index is 441. The second-order valence-electron chi connectivity index (χ2n) is 4.59. The first kappa shape index (κ1) is 17.1. The van der Waals surface area contributed by atoms with E-state index in [-0.39, 0.29) is 12.0 Å². The Morgan fingerprint density at radius 1 is 1.50 bits per heavy atom. The molecule has 3 N–H and O–H groups in total. The van der Waals surface area contributed by atoms with Gasteiger partial charge in [-0.15, -0.1) is 11.8 Å². The van der Waals surface area contributed by atoms with Gasteiger partial charge in [0.1, 0.15) is 0 Å². The molecule has 0 aliphatic heterocycles. The van der Waals surface area contributed by atoms with Crippen molar-refractivity contribution in [1.29, 1.82) is 0 Å². The van der Waals surface area contributed by atoms with E-state index in [4.69, 9.17) is 22.1 Å². The van der Waals surface area contributed by atoms with Crippen LogP contribution in [0.3, 0.4) is 0 Å². The number of carbonyl (C=O) groups excluding carboxylic acids is 1. The number of nitrogens with two attached hydrogens (primary N) is 1. The predicted octanol–water partition coefficient (Wildman–Crippen LogP) is 2.95. The molecule has 112 valence electrons. The lowest BCUT2D eigenvalue weighted by Gasteiger charge is -2.09. The maximum atomic E-state index is 11.7. The number of halogens is 1. The molecule has 0 saturated carbocycles. The highest BCUT2D eigenvalue weighted by atomic mass is 35.5. The average Bonchev–Trinajstić information content (AvgIpc) is 2.39. The summed E-state index contributed by atoms with van der Waals surface area (Å²) in [6.45, 7) is 5.26. The van der Waals surface area contributed by atoms with Crippen LogP contribution >= 0.6 is 23.4 Å². The third-order valence-corrected chi connectivity index (χ3v) is 3.74. The van der Waals surface area contributed by atoms with E-state index in [1.165, 1.54) is 11.8 Å². The summed E-state index contributed by atoms with van der Waals surface area (Å²) < 4.78 is 5.39. The average molecular weight is 317 g/mol. The maximum absolute atomic E-state index is 11.7. The van der Waals surface area contributed by atoms with Crippen LogP contribution in [-0.4, -0.2) is 30.9 Å². The molecule has 6 heteroatoms. The summed E-state index contributed by atoms with van der Waals surface area (Å²) in [6.07, 6.45) is 1.04. The number of thioether (sulfide) groups is 1. The van der Waals surface area contributed by atoms with Crippen molar-refractivity contribution in [2.24, 2.45) is 0 Å². The number of hydrogen-bond donors (Lipinski definition) is 2. The Labute approximate surface area is 129 Å². The molecule has 0 aliphatic rings. The van der Waals surface area contributed by atoms with Gasteiger partial charge in [0.15, 0.2) is 0 Å². The molecule has 0 fully saturated rings. The first-order valence-electron chi connectivity index (χ1n) is 6.55. The molecule has 1 rings (SSSR count). The first-order valence-corrected chi connectivity index (χ1v) is 7.91. The van der Waals surface area contributed by atoms with E-state index in [1.54, 1.807) is 18.2 Å². The van der Waals surface area contributed by atoms with Gasteiger partial charge in [0.05, 0.1) is 11.9 Å². The third kappa shape index (κ3) is 7.03. The molecule has 0 aliphatic carbocycles. The van der Waals surface area contributed by atoms with E-state index < -0.39 is 0 Å². The van der Waals surface area contributed by atoms with Crippen LogP contribution in [0.15, 0.2) is 23.1 Å². The zero-order chi connectivity index (χ0) is 15.0. The molecule has 0 atom stereocenters. The fourth-order valence-electron chi connectivity index (χ4n) is 1.45. The molecule has 4 nitrogen and oxygen atoms in total. The molecular formula is C14H21ClN2O2S. The van der Waals surface area contributed by atoms with Gasteiger partial charge < -0.3 is 15.8 Å². The summed E-state index contributed by atoms with van der Waals surface area (Å²) >= 11 is 7.28. The molecule has 1 amide bonds. The molecule has 0 heterocycles. The van der Waals surface area contributed by atoms with Crippen LogP contribution < -0.4 is 11.1 Å². The summed E-state index contributed by atoms with van der Waals surface area (Å²) in [5, 5.41) is 3.47. The van der Waals surface area contributed by atoms with Crippen molar-refractivity contribution in [3.63, 3.8) is 0 Å². The summed E-state index contributed by atoms with van der Waals surface area (Å²) in [7, 11) is 0. The zero-order valence-electron chi connectivity index (χ0n) is 11.8. The van der Waals surface area contributed by atoms with Gasteiger partial charge in [-0.25, -0.2) is 0 Å². The largest absolute Gasteiger partial charge is 0.398 e. The lowest BCUT2D eigenvalue weighted by molar-refractivity contribution is -0.118. The van der Waals surface area contributed by atoms with Gasteiger partial charge in [-0.05, 0) is 38.5 Å². The molecule has 0 spiro atoms. The van der Waals surface area contributed by atoms with E-state index in [1.807, 2.05) is 13.8 Å². The molecular weight excluding hydrogens is 296 g/mol. The fourth-order valence-corrected chi connectivity index (χ4v) is 2.52. The smallest absolute Gasteiger partial charge is 0.230 e. The number of carbonyl (C=O) groups is 1. The van der Waals surface area contributed by atoms with Crippen molar-refractivity contribution in [2.45, 2.75) is 31.3 Å². The summed E-state index contributed by atoms with van der Waals surface area (Å²) in [4.78, 5) is 12.5. The Morgan fingerprint density at radius 2 is 2.25 bits per heavy atom. The second-order valence-corrected chi connectivity index (χ2v) is 6.05. The number of benzene rings is 1. The monoisotopic (exact) mass is 316 g/mol. The van der Waals surface area contributed by atoms with Gasteiger partial charge in [0, 0.05) is 28.8 Å². The quantitative estimate of drug-likeness (QED) is 0.440. The standard InChI is InChI=1S/C14H21ClN2O2S/c1-10(2)19-7-3-6-17-14(18)9-20-13-8-11(15)4-5-12(13)16/h4-5,8,10H,3,6-7,9,16H2,1-2H3,(H,17,18). The Hall–Kier alpha value is -0.910. The van der Waals surface area contributed by atoms with Crippen molar-refractivity contribution < 1.29 is 9.53 Å². The topological polar surface area (TPSA) is 64.3 Å². The van der Waals surface area contributed by atoms with E-state index in [9.17, 15) is 4.79 Å². The molecule has 20 heavy (non-hydrogen) atoms. The van der Waals surface area contributed by atoms with Gasteiger partial charge >= 0.3 is 0 Å². The van der Waals surface area contributed by atoms with Crippen LogP contribution in [0.2, 0.25) is 5.02 Å². The van der Waals surface area contributed by atoms with Crippen molar-refractivity contribution in [3.05, 3.63) is 23.2 Å². The van der Waals surface area contributed by atoms with E-state index >= 15 is 0 Å². The maximum Gasteiger partial charge on any atom is 0.230 e. The SMILES string of the molecule is CC(C)OCCCNC(=O)CSc1cc(Cl)ccc1N. The van der Waals surface area contributed by atoms with Gasteiger partial charge in [0.25, 0.3) is 0 Å². The summed E-state index contributed by atoms with van der Waals surface area (Å²) in [5.41, 5.74) is 6.45. The fraction of sp³-hybridized carbons (Fsp3) is 0.500. The number of nitrogens with one attached hydrogen (secondary N) is 1.